The zero-order valence-electron chi connectivity index (χ0n) is 15.2. The van der Waals surface area contributed by atoms with E-state index in [1.165, 1.54) is 18.3 Å². The second-order valence-corrected chi connectivity index (χ2v) is 7.72. The molecule has 0 bridgehead atoms. The fourth-order valence-corrected chi connectivity index (χ4v) is 3.13. The average Bonchev–Trinajstić information content (AvgIpc) is 2.51. The summed E-state index contributed by atoms with van der Waals surface area (Å²) in [6.45, 7) is 5.27. The normalized spacial score (nSPS) is 24.7. The van der Waals surface area contributed by atoms with Gasteiger partial charge in [0.15, 0.2) is 0 Å². The molecule has 1 saturated carbocycles. The number of benzene rings is 1. The molecule has 1 unspecified atom stereocenters. The van der Waals surface area contributed by atoms with Gasteiger partial charge >= 0.3 is 12.3 Å². The number of amides is 1. The summed E-state index contributed by atoms with van der Waals surface area (Å²) in [7, 11) is 0. The molecule has 7 heteroatoms. The predicted octanol–water partition coefficient (Wildman–Crippen LogP) is 4.92. The largest absolute Gasteiger partial charge is 0.442 e. The highest BCUT2D eigenvalue weighted by Crippen LogP contribution is 2.37. The smallest absolute Gasteiger partial charge is 0.433 e. The van der Waals surface area contributed by atoms with Crippen molar-refractivity contribution in [3.8, 4) is 0 Å². The minimum Gasteiger partial charge on any atom is -0.442 e. The standard InChI is InChI=1S/C19H25F3N2O2/c1-18(2,3)26-17(25)24-11-14-8-7-13(10-16(14)23)12-5-4-6-15(9-12)19(20,21)22/h4-6,9,11,13-14,16H,7-8,10,23H2,1-3H3/t13-,14?,16-/m0/s1. The van der Waals surface area contributed by atoms with E-state index in [2.05, 4.69) is 4.99 Å². The molecule has 26 heavy (non-hydrogen) atoms. The highest BCUT2D eigenvalue weighted by Gasteiger charge is 2.33. The van der Waals surface area contributed by atoms with Crippen molar-refractivity contribution in [3.63, 3.8) is 0 Å². The van der Waals surface area contributed by atoms with Crippen LogP contribution < -0.4 is 5.73 Å². The maximum absolute atomic E-state index is 12.9. The van der Waals surface area contributed by atoms with Crippen molar-refractivity contribution in [2.24, 2.45) is 16.6 Å². The lowest BCUT2D eigenvalue weighted by molar-refractivity contribution is -0.137. The first-order valence-corrected chi connectivity index (χ1v) is 8.65. The van der Waals surface area contributed by atoms with Gasteiger partial charge in [0.1, 0.15) is 5.60 Å². The fraction of sp³-hybridized carbons (Fsp3) is 0.579. The van der Waals surface area contributed by atoms with Gasteiger partial charge in [-0.25, -0.2) is 4.79 Å². The Bertz CT molecular complexity index is 665. The van der Waals surface area contributed by atoms with E-state index in [1.807, 2.05) is 0 Å². The van der Waals surface area contributed by atoms with E-state index in [4.69, 9.17) is 10.5 Å². The molecule has 0 aromatic heterocycles. The molecule has 4 nitrogen and oxygen atoms in total. The number of ether oxygens (including phenoxy) is 1. The first kappa shape index (κ1) is 20.4. The quantitative estimate of drug-likeness (QED) is 0.751. The van der Waals surface area contributed by atoms with Gasteiger partial charge in [0, 0.05) is 18.2 Å². The second-order valence-electron chi connectivity index (χ2n) is 7.72. The highest BCUT2D eigenvalue weighted by atomic mass is 19.4. The summed E-state index contributed by atoms with van der Waals surface area (Å²) in [5, 5.41) is 0. The number of nitrogens with zero attached hydrogens (tertiary/aromatic N) is 1. The topological polar surface area (TPSA) is 64.7 Å². The Labute approximate surface area is 151 Å². The number of carbonyl (C=O) groups is 1. The first-order valence-electron chi connectivity index (χ1n) is 8.65. The SMILES string of the molecule is CC(C)(C)OC(=O)N=CC1CC[C@H](c2cccc(C(F)(F)F)c2)C[C@@H]1N. The third kappa shape index (κ3) is 5.83. The van der Waals surface area contributed by atoms with E-state index in [0.29, 0.717) is 24.8 Å². The van der Waals surface area contributed by atoms with Crippen molar-refractivity contribution in [2.45, 2.75) is 63.8 Å². The van der Waals surface area contributed by atoms with E-state index in [-0.39, 0.29) is 17.9 Å². The molecule has 2 N–H and O–H groups in total. The maximum Gasteiger partial charge on any atom is 0.433 e. The van der Waals surface area contributed by atoms with Crippen molar-refractivity contribution < 1.29 is 22.7 Å². The average molecular weight is 370 g/mol. The number of aliphatic imine (C=N–C) groups is 1. The summed E-state index contributed by atoms with van der Waals surface area (Å²) in [5.41, 5.74) is 5.57. The Balaban J connectivity index is 1.99. The molecule has 3 atom stereocenters. The molecule has 0 radical (unpaired) electrons. The monoisotopic (exact) mass is 370 g/mol. The Kier molecular flexibility index (Phi) is 6.11. The van der Waals surface area contributed by atoms with Crippen molar-refractivity contribution in [3.05, 3.63) is 35.4 Å². The van der Waals surface area contributed by atoms with E-state index < -0.39 is 23.4 Å². The molecule has 1 aliphatic carbocycles. The van der Waals surface area contributed by atoms with Crippen LogP contribution in [0.5, 0.6) is 0 Å². The summed E-state index contributed by atoms with van der Waals surface area (Å²) in [6.07, 6.45) is -1.60. The fourth-order valence-electron chi connectivity index (χ4n) is 3.13. The van der Waals surface area contributed by atoms with E-state index in [1.54, 1.807) is 26.8 Å². The number of hydrogen-bond donors (Lipinski definition) is 1. The van der Waals surface area contributed by atoms with Crippen LogP contribution in [0, 0.1) is 5.92 Å². The molecule has 2 rings (SSSR count). The lowest BCUT2D eigenvalue weighted by atomic mass is 9.76. The van der Waals surface area contributed by atoms with Crippen LogP contribution >= 0.6 is 0 Å². The van der Waals surface area contributed by atoms with Gasteiger partial charge in [-0.1, -0.05) is 18.2 Å². The first-order chi connectivity index (χ1) is 12.0. The van der Waals surface area contributed by atoms with Gasteiger partial charge in [0.2, 0.25) is 0 Å². The molecule has 0 saturated heterocycles. The van der Waals surface area contributed by atoms with Crippen LogP contribution in [0.1, 0.15) is 57.1 Å². The number of carbonyl (C=O) groups excluding carboxylic acids is 1. The van der Waals surface area contributed by atoms with Gasteiger partial charge in [0.05, 0.1) is 5.56 Å². The van der Waals surface area contributed by atoms with Crippen LogP contribution in [0.3, 0.4) is 0 Å². The van der Waals surface area contributed by atoms with E-state index in [0.717, 1.165) is 6.07 Å². The number of nitrogens with two attached hydrogens (primary N) is 1. The number of halogens is 3. The summed E-state index contributed by atoms with van der Waals surface area (Å²) in [4.78, 5) is 15.5. The molecule has 0 aliphatic heterocycles. The Morgan fingerprint density at radius 1 is 1.27 bits per heavy atom. The van der Waals surface area contributed by atoms with Gasteiger partial charge < -0.3 is 10.5 Å². The minimum atomic E-state index is -4.35. The van der Waals surface area contributed by atoms with Crippen LogP contribution in [-0.4, -0.2) is 24.0 Å². The molecule has 1 aromatic carbocycles. The van der Waals surface area contributed by atoms with Crippen molar-refractivity contribution >= 4 is 12.3 Å². The molecular weight excluding hydrogens is 345 g/mol. The Hall–Kier alpha value is -1.89. The minimum absolute atomic E-state index is 0.0292. The van der Waals surface area contributed by atoms with Crippen LogP contribution in [-0.2, 0) is 10.9 Å². The maximum atomic E-state index is 12.9. The Morgan fingerprint density at radius 2 is 1.96 bits per heavy atom. The van der Waals surface area contributed by atoms with E-state index in [9.17, 15) is 18.0 Å². The molecule has 1 aliphatic rings. The number of hydrogen-bond acceptors (Lipinski definition) is 3. The lowest BCUT2D eigenvalue weighted by Crippen LogP contribution is -2.37. The molecule has 144 valence electrons. The zero-order chi connectivity index (χ0) is 19.5. The van der Waals surface area contributed by atoms with Crippen LogP contribution in [0.4, 0.5) is 18.0 Å². The second kappa shape index (κ2) is 7.78. The van der Waals surface area contributed by atoms with Gasteiger partial charge in [-0.2, -0.15) is 18.2 Å². The summed E-state index contributed by atoms with van der Waals surface area (Å²) in [5.74, 6) is -0.122. The molecule has 1 fully saturated rings. The van der Waals surface area contributed by atoms with Gasteiger partial charge in [-0.3, -0.25) is 0 Å². The van der Waals surface area contributed by atoms with Crippen LogP contribution in [0.25, 0.3) is 0 Å². The van der Waals surface area contributed by atoms with E-state index >= 15 is 0 Å². The molecule has 0 heterocycles. The number of rotatable bonds is 2. The third-order valence-corrected chi connectivity index (χ3v) is 4.41. The van der Waals surface area contributed by atoms with Crippen LogP contribution in [0.15, 0.2) is 29.3 Å². The Morgan fingerprint density at radius 3 is 2.54 bits per heavy atom. The van der Waals surface area contributed by atoms with Crippen molar-refractivity contribution in [2.75, 3.05) is 0 Å². The lowest BCUT2D eigenvalue weighted by Gasteiger charge is -2.32. The third-order valence-electron chi connectivity index (χ3n) is 4.41. The molecule has 1 aromatic rings. The molecular formula is C19H25F3N2O2. The van der Waals surface area contributed by atoms with Gasteiger partial charge in [-0.05, 0) is 57.6 Å². The van der Waals surface area contributed by atoms with Crippen molar-refractivity contribution in [1.29, 1.82) is 0 Å². The van der Waals surface area contributed by atoms with Gasteiger partial charge in [0.25, 0.3) is 0 Å². The summed E-state index contributed by atoms with van der Waals surface area (Å²) >= 11 is 0. The summed E-state index contributed by atoms with van der Waals surface area (Å²) < 4.78 is 43.8. The zero-order valence-corrected chi connectivity index (χ0v) is 15.2. The molecule has 0 spiro atoms. The highest BCUT2D eigenvalue weighted by molar-refractivity contribution is 5.80. The van der Waals surface area contributed by atoms with Crippen LogP contribution in [0.2, 0.25) is 0 Å². The van der Waals surface area contributed by atoms with Gasteiger partial charge in [-0.15, -0.1) is 0 Å². The van der Waals surface area contributed by atoms with Crippen molar-refractivity contribution in [1.82, 2.24) is 0 Å². The predicted molar refractivity (Wildman–Crippen MR) is 94.2 cm³/mol. The number of alkyl halides is 3. The molecule has 1 amide bonds. The summed E-state index contributed by atoms with van der Waals surface area (Å²) in [6, 6.07) is 5.14.